The number of rotatable bonds is 4. The van der Waals surface area contributed by atoms with Gasteiger partial charge in [0.25, 0.3) is 0 Å². The minimum absolute atomic E-state index is 0.00731. The fourth-order valence-electron chi connectivity index (χ4n) is 5.11. The van der Waals surface area contributed by atoms with Gasteiger partial charge in [0.05, 0.1) is 11.2 Å². The molecule has 1 saturated heterocycles. The zero-order valence-electron chi connectivity index (χ0n) is 16.3. The number of aliphatic hydroxyl groups is 1. The first-order chi connectivity index (χ1) is 13.6. The van der Waals surface area contributed by atoms with E-state index in [9.17, 15) is 22.7 Å². The first-order valence-corrected chi connectivity index (χ1v) is 10.0. The number of fused-ring (bicyclic) bond motifs is 1. The zero-order chi connectivity index (χ0) is 20.8. The van der Waals surface area contributed by atoms with Crippen molar-refractivity contribution in [1.29, 1.82) is 0 Å². The fourth-order valence-corrected chi connectivity index (χ4v) is 5.11. The third-order valence-corrected chi connectivity index (χ3v) is 6.55. The Hall–Kier alpha value is -1.92. The summed E-state index contributed by atoms with van der Waals surface area (Å²) in [7, 11) is 0. The maximum absolute atomic E-state index is 13.2. The van der Waals surface area contributed by atoms with E-state index in [-0.39, 0.29) is 11.7 Å². The van der Waals surface area contributed by atoms with Crippen LogP contribution in [0.4, 0.5) is 17.6 Å². The minimum Gasteiger partial charge on any atom is -0.385 e. The molecular formula is C23H25F4NO. The Bertz CT molecular complexity index is 850. The molecule has 4 atom stereocenters. The van der Waals surface area contributed by atoms with Gasteiger partial charge in [0.15, 0.2) is 0 Å². The molecule has 0 radical (unpaired) electrons. The van der Waals surface area contributed by atoms with Crippen LogP contribution in [-0.2, 0) is 11.8 Å². The highest BCUT2D eigenvalue weighted by atomic mass is 19.4. The molecule has 4 rings (SSSR count). The molecule has 156 valence electrons. The van der Waals surface area contributed by atoms with E-state index in [0.29, 0.717) is 36.8 Å². The van der Waals surface area contributed by atoms with E-state index in [0.717, 1.165) is 24.7 Å². The second kappa shape index (κ2) is 7.40. The van der Waals surface area contributed by atoms with Gasteiger partial charge in [-0.1, -0.05) is 37.3 Å². The van der Waals surface area contributed by atoms with Crippen molar-refractivity contribution in [3.05, 3.63) is 71.0 Å². The lowest BCUT2D eigenvalue weighted by atomic mass is 9.90. The van der Waals surface area contributed by atoms with E-state index >= 15 is 0 Å². The Labute approximate surface area is 168 Å². The van der Waals surface area contributed by atoms with Gasteiger partial charge in [0.1, 0.15) is 5.82 Å². The minimum atomic E-state index is -4.33. The van der Waals surface area contributed by atoms with Gasteiger partial charge in [0.2, 0.25) is 0 Å². The quantitative estimate of drug-likeness (QED) is 0.706. The Balaban J connectivity index is 1.38. The van der Waals surface area contributed by atoms with E-state index in [2.05, 4.69) is 4.90 Å². The summed E-state index contributed by atoms with van der Waals surface area (Å²) < 4.78 is 52.1. The monoisotopic (exact) mass is 407 g/mol. The van der Waals surface area contributed by atoms with Crippen LogP contribution in [0.3, 0.4) is 0 Å². The van der Waals surface area contributed by atoms with Crippen LogP contribution in [0.2, 0.25) is 0 Å². The van der Waals surface area contributed by atoms with Crippen molar-refractivity contribution in [2.45, 2.75) is 37.5 Å². The first kappa shape index (κ1) is 20.4. The maximum Gasteiger partial charge on any atom is 0.416 e. The zero-order valence-corrected chi connectivity index (χ0v) is 16.3. The SMILES string of the molecule is CC(CN1C[C@@H]2CC(O)(c3ccc(F)cc3)C[C@@H]2C1)c1cccc(C(F)(F)F)c1. The van der Waals surface area contributed by atoms with Crippen LogP contribution in [0.5, 0.6) is 0 Å². The Morgan fingerprint density at radius 1 is 1.07 bits per heavy atom. The molecule has 2 unspecified atom stereocenters. The Morgan fingerprint density at radius 3 is 2.28 bits per heavy atom. The van der Waals surface area contributed by atoms with E-state index in [4.69, 9.17) is 0 Å². The molecule has 0 amide bonds. The van der Waals surface area contributed by atoms with Gasteiger partial charge in [-0.05, 0) is 59.9 Å². The molecule has 1 heterocycles. The Morgan fingerprint density at radius 2 is 1.69 bits per heavy atom. The summed E-state index contributed by atoms with van der Waals surface area (Å²) in [5.41, 5.74) is -0.0664. The summed E-state index contributed by atoms with van der Waals surface area (Å²) in [6.45, 7) is 4.32. The van der Waals surface area contributed by atoms with Crippen molar-refractivity contribution >= 4 is 0 Å². The number of alkyl halides is 3. The van der Waals surface area contributed by atoms with Gasteiger partial charge in [-0.3, -0.25) is 0 Å². The first-order valence-electron chi connectivity index (χ1n) is 10.0. The second-order valence-corrected chi connectivity index (χ2v) is 8.71. The topological polar surface area (TPSA) is 23.5 Å². The number of hydrogen-bond acceptors (Lipinski definition) is 2. The van der Waals surface area contributed by atoms with Gasteiger partial charge in [-0.15, -0.1) is 0 Å². The average molecular weight is 407 g/mol. The largest absolute Gasteiger partial charge is 0.416 e. The molecule has 2 aliphatic rings. The number of halogens is 4. The molecule has 1 saturated carbocycles. The van der Waals surface area contributed by atoms with Crippen molar-refractivity contribution in [2.75, 3.05) is 19.6 Å². The van der Waals surface area contributed by atoms with Crippen LogP contribution in [-0.4, -0.2) is 29.6 Å². The molecule has 1 aliphatic heterocycles. The highest BCUT2D eigenvalue weighted by molar-refractivity contribution is 5.29. The van der Waals surface area contributed by atoms with Crippen molar-refractivity contribution in [2.24, 2.45) is 11.8 Å². The van der Waals surface area contributed by atoms with Gasteiger partial charge in [0, 0.05) is 19.6 Å². The molecule has 2 aromatic carbocycles. The van der Waals surface area contributed by atoms with Gasteiger partial charge in [-0.25, -0.2) is 4.39 Å². The third-order valence-electron chi connectivity index (χ3n) is 6.55. The summed E-state index contributed by atoms with van der Waals surface area (Å²) in [5.74, 6) is 0.370. The fraction of sp³-hybridized carbons (Fsp3) is 0.478. The van der Waals surface area contributed by atoms with Crippen molar-refractivity contribution < 1.29 is 22.7 Å². The standard InChI is InChI=1S/C23H25F4NO/c1-15(16-3-2-4-20(9-16)23(25,26)27)12-28-13-17-10-22(29,11-18(17)14-28)19-5-7-21(24)8-6-19/h2-9,15,17-18,29H,10-14H2,1H3/t15?,17-,18+,22?. The van der Waals surface area contributed by atoms with Gasteiger partial charge < -0.3 is 10.0 Å². The van der Waals surface area contributed by atoms with E-state index in [1.165, 1.54) is 24.3 Å². The highest BCUT2D eigenvalue weighted by Crippen LogP contribution is 2.49. The molecule has 29 heavy (non-hydrogen) atoms. The second-order valence-electron chi connectivity index (χ2n) is 8.71. The summed E-state index contributed by atoms with van der Waals surface area (Å²) in [6, 6.07) is 11.6. The van der Waals surface area contributed by atoms with Crippen LogP contribution in [0.1, 0.15) is 42.4 Å². The summed E-state index contributed by atoms with van der Waals surface area (Å²) in [5, 5.41) is 11.1. The lowest BCUT2D eigenvalue weighted by molar-refractivity contribution is -0.137. The number of nitrogens with zero attached hydrogens (tertiary/aromatic N) is 1. The molecule has 1 N–H and O–H groups in total. The predicted molar refractivity (Wildman–Crippen MR) is 103 cm³/mol. The van der Waals surface area contributed by atoms with E-state index in [1.807, 2.05) is 6.92 Å². The van der Waals surface area contributed by atoms with E-state index < -0.39 is 17.3 Å². The van der Waals surface area contributed by atoms with Crippen molar-refractivity contribution in [3.8, 4) is 0 Å². The van der Waals surface area contributed by atoms with Gasteiger partial charge in [-0.2, -0.15) is 13.2 Å². The van der Waals surface area contributed by atoms with Crippen LogP contribution in [0.15, 0.2) is 48.5 Å². The lowest BCUT2D eigenvalue weighted by Gasteiger charge is -2.27. The van der Waals surface area contributed by atoms with Crippen molar-refractivity contribution in [1.82, 2.24) is 4.90 Å². The molecule has 6 heteroatoms. The van der Waals surface area contributed by atoms with Crippen LogP contribution in [0, 0.1) is 17.7 Å². The molecule has 0 spiro atoms. The number of hydrogen-bond donors (Lipinski definition) is 1. The highest BCUT2D eigenvalue weighted by Gasteiger charge is 2.49. The third kappa shape index (κ3) is 4.19. The van der Waals surface area contributed by atoms with Crippen LogP contribution < -0.4 is 0 Å². The normalized spacial score (nSPS) is 28.5. The molecular weight excluding hydrogens is 382 g/mol. The van der Waals surface area contributed by atoms with Crippen LogP contribution >= 0.6 is 0 Å². The van der Waals surface area contributed by atoms with Gasteiger partial charge >= 0.3 is 6.18 Å². The van der Waals surface area contributed by atoms with E-state index in [1.54, 1.807) is 18.2 Å². The lowest BCUT2D eigenvalue weighted by Crippen LogP contribution is -2.30. The summed E-state index contributed by atoms with van der Waals surface area (Å²) in [6.07, 6.45) is -3.05. The number of likely N-dealkylation sites (tertiary alicyclic amines) is 1. The Kier molecular flexibility index (Phi) is 5.20. The average Bonchev–Trinajstić information content (AvgIpc) is 3.16. The smallest absolute Gasteiger partial charge is 0.385 e. The molecule has 2 aromatic rings. The summed E-state index contributed by atoms with van der Waals surface area (Å²) in [4.78, 5) is 2.30. The van der Waals surface area contributed by atoms with Crippen molar-refractivity contribution in [3.63, 3.8) is 0 Å². The maximum atomic E-state index is 13.2. The van der Waals surface area contributed by atoms with Crippen LogP contribution in [0.25, 0.3) is 0 Å². The molecule has 2 nitrogen and oxygen atoms in total. The summed E-state index contributed by atoms with van der Waals surface area (Å²) >= 11 is 0. The predicted octanol–water partition coefficient (Wildman–Crippen LogP) is 5.18. The molecule has 1 aliphatic carbocycles. The molecule has 0 bridgehead atoms. The number of benzene rings is 2. The molecule has 0 aromatic heterocycles. The molecule has 2 fully saturated rings.